The van der Waals surface area contributed by atoms with E-state index in [1.165, 1.54) is 11.3 Å². The number of carboxylic acids is 1. The number of carbonyl (C=O) groups is 3. The summed E-state index contributed by atoms with van der Waals surface area (Å²) in [5.41, 5.74) is 5.62. The number of carbonyl (C=O) groups excluding carboxylic acids is 2. The predicted molar refractivity (Wildman–Crippen MR) is 64.2 cm³/mol. The zero-order valence-electron chi connectivity index (χ0n) is 9.47. The predicted octanol–water partition coefficient (Wildman–Crippen LogP) is -0.0984. The first-order chi connectivity index (χ1) is 8.38. The maximum absolute atomic E-state index is 11.4. The molecule has 0 spiro atoms. The summed E-state index contributed by atoms with van der Waals surface area (Å²) in [6.45, 7) is 1.76. The molecule has 1 aromatic heterocycles. The molecule has 98 valence electrons. The molecule has 3 amide bonds. The zero-order chi connectivity index (χ0) is 13.7. The quantitative estimate of drug-likeness (QED) is 0.593. The van der Waals surface area contributed by atoms with E-state index in [1.54, 1.807) is 12.3 Å². The number of anilines is 1. The molecule has 0 aliphatic carbocycles. The van der Waals surface area contributed by atoms with Crippen molar-refractivity contribution < 1.29 is 19.5 Å². The molecule has 18 heavy (non-hydrogen) atoms. The number of primary amides is 1. The van der Waals surface area contributed by atoms with Crippen LogP contribution >= 0.6 is 11.3 Å². The van der Waals surface area contributed by atoms with Gasteiger partial charge in [-0.25, -0.2) is 14.6 Å². The van der Waals surface area contributed by atoms with E-state index in [9.17, 15) is 14.4 Å². The van der Waals surface area contributed by atoms with Crippen molar-refractivity contribution in [1.82, 2.24) is 10.3 Å². The van der Waals surface area contributed by atoms with Crippen LogP contribution in [0.5, 0.6) is 0 Å². The fourth-order valence-corrected chi connectivity index (χ4v) is 1.79. The summed E-state index contributed by atoms with van der Waals surface area (Å²) < 4.78 is 0. The highest BCUT2D eigenvalue weighted by Gasteiger charge is 2.22. The molecule has 0 aliphatic rings. The Morgan fingerprint density at radius 1 is 1.56 bits per heavy atom. The molecule has 0 bridgehead atoms. The molecule has 0 aromatic carbocycles. The molecule has 8 nitrogen and oxygen atoms in total. The van der Waals surface area contributed by atoms with Gasteiger partial charge in [-0.15, -0.1) is 11.3 Å². The Morgan fingerprint density at radius 3 is 2.67 bits per heavy atom. The van der Waals surface area contributed by atoms with E-state index in [2.05, 4.69) is 15.6 Å². The van der Waals surface area contributed by atoms with Crippen molar-refractivity contribution in [1.29, 1.82) is 0 Å². The third-order valence-corrected chi connectivity index (χ3v) is 2.72. The number of nitrogens with zero attached hydrogens (tertiary/aromatic N) is 1. The maximum atomic E-state index is 11.4. The van der Waals surface area contributed by atoms with E-state index in [1.807, 2.05) is 0 Å². The molecule has 0 fully saturated rings. The van der Waals surface area contributed by atoms with Gasteiger partial charge < -0.3 is 16.2 Å². The van der Waals surface area contributed by atoms with Gasteiger partial charge in [-0.2, -0.15) is 0 Å². The third kappa shape index (κ3) is 4.37. The molecular weight excluding hydrogens is 260 g/mol. The minimum absolute atomic E-state index is 0.341. The summed E-state index contributed by atoms with van der Waals surface area (Å²) in [5, 5.41) is 15.3. The number of rotatable bonds is 5. The molecule has 0 saturated carbocycles. The van der Waals surface area contributed by atoms with Gasteiger partial charge in [0.05, 0.1) is 12.1 Å². The number of aryl methyl sites for hydroxylation is 1. The van der Waals surface area contributed by atoms with Gasteiger partial charge in [0.15, 0.2) is 5.13 Å². The largest absolute Gasteiger partial charge is 0.480 e. The van der Waals surface area contributed by atoms with E-state index in [0.29, 0.717) is 5.13 Å². The molecule has 9 heteroatoms. The standard InChI is InChI=1S/C9H12N4O4S/c1-4-3-18-9(11-4)13-8(17)12-5(7(15)16)2-6(10)14/h3,5H,2H2,1H3,(H2,10,14)(H,15,16)(H2,11,12,13,17)/t5-/m1/s1. The van der Waals surface area contributed by atoms with Crippen molar-refractivity contribution in [3.8, 4) is 0 Å². The van der Waals surface area contributed by atoms with Gasteiger partial charge in [0.2, 0.25) is 5.91 Å². The van der Waals surface area contributed by atoms with Gasteiger partial charge in [0.1, 0.15) is 6.04 Å². The lowest BCUT2D eigenvalue weighted by molar-refractivity contribution is -0.140. The number of thiazole rings is 1. The van der Waals surface area contributed by atoms with E-state index in [-0.39, 0.29) is 0 Å². The summed E-state index contributed by atoms with van der Waals surface area (Å²) in [5.74, 6) is -2.15. The lowest BCUT2D eigenvalue weighted by Crippen LogP contribution is -2.45. The number of nitrogens with one attached hydrogen (secondary N) is 2. The number of aromatic nitrogens is 1. The first-order valence-corrected chi connectivity index (χ1v) is 5.77. The molecule has 1 atom stereocenters. The first-order valence-electron chi connectivity index (χ1n) is 4.89. The number of amides is 3. The van der Waals surface area contributed by atoms with Crippen LogP contribution in [0, 0.1) is 6.92 Å². The van der Waals surface area contributed by atoms with Crippen LogP contribution in [0.3, 0.4) is 0 Å². The van der Waals surface area contributed by atoms with Crippen LogP contribution in [0.25, 0.3) is 0 Å². The summed E-state index contributed by atoms with van der Waals surface area (Å²) >= 11 is 1.21. The molecule has 0 saturated heterocycles. The Balaban J connectivity index is 2.56. The van der Waals surface area contributed by atoms with Crippen molar-refractivity contribution in [3.05, 3.63) is 11.1 Å². The molecule has 0 radical (unpaired) electrons. The number of urea groups is 1. The second-order valence-corrected chi connectivity index (χ2v) is 4.31. The topological polar surface area (TPSA) is 134 Å². The van der Waals surface area contributed by atoms with E-state index in [0.717, 1.165) is 5.69 Å². The Labute approximate surface area is 106 Å². The van der Waals surface area contributed by atoms with Crippen LogP contribution in [-0.2, 0) is 9.59 Å². The Morgan fingerprint density at radius 2 is 2.22 bits per heavy atom. The fraction of sp³-hybridized carbons (Fsp3) is 0.333. The lowest BCUT2D eigenvalue weighted by atomic mass is 10.2. The van der Waals surface area contributed by atoms with Gasteiger partial charge in [0, 0.05) is 5.38 Å². The molecule has 0 unspecified atom stereocenters. The average molecular weight is 272 g/mol. The van der Waals surface area contributed by atoms with Gasteiger partial charge in [-0.05, 0) is 6.92 Å². The first kappa shape index (κ1) is 13.9. The molecular formula is C9H12N4O4S. The van der Waals surface area contributed by atoms with Gasteiger partial charge in [-0.1, -0.05) is 0 Å². The molecule has 1 aromatic rings. The normalized spacial score (nSPS) is 11.6. The van der Waals surface area contributed by atoms with Crippen LogP contribution < -0.4 is 16.4 Å². The van der Waals surface area contributed by atoms with Crippen LogP contribution in [-0.4, -0.2) is 34.0 Å². The minimum Gasteiger partial charge on any atom is -0.480 e. The van der Waals surface area contributed by atoms with Gasteiger partial charge >= 0.3 is 12.0 Å². The maximum Gasteiger partial charge on any atom is 0.326 e. The summed E-state index contributed by atoms with van der Waals surface area (Å²) in [6.07, 6.45) is -0.473. The van der Waals surface area contributed by atoms with E-state index < -0.39 is 30.4 Å². The highest BCUT2D eigenvalue weighted by molar-refractivity contribution is 7.13. The third-order valence-electron chi connectivity index (χ3n) is 1.85. The van der Waals surface area contributed by atoms with Crippen LogP contribution in [0.2, 0.25) is 0 Å². The van der Waals surface area contributed by atoms with Crippen molar-refractivity contribution in [2.45, 2.75) is 19.4 Å². The van der Waals surface area contributed by atoms with Crippen molar-refractivity contribution >= 4 is 34.4 Å². The van der Waals surface area contributed by atoms with Gasteiger partial charge in [0.25, 0.3) is 0 Å². The number of hydrogen-bond acceptors (Lipinski definition) is 5. The fourth-order valence-electron chi connectivity index (χ4n) is 1.10. The lowest BCUT2D eigenvalue weighted by Gasteiger charge is -2.12. The zero-order valence-corrected chi connectivity index (χ0v) is 10.3. The summed E-state index contributed by atoms with van der Waals surface area (Å²) in [6, 6.07) is -2.11. The number of hydrogen-bond donors (Lipinski definition) is 4. The average Bonchev–Trinajstić information content (AvgIpc) is 2.62. The molecule has 1 heterocycles. The smallest absolute Gasteiger partial charge is 0.326 e. The van der Waals surface area contributed by atoms with Gasteiger partial charge in [-0.3, -0.25) is 10.1 Å². The van der Waals surface area contributed by atoms with Crippen molar-refractivity contribution in [2.75, 3.05) is 5.32 Å². The van der Waals surface area contributed by atoms with Crippen LogP contribution in [0.15, 0.2) is 5.38 Å². The number of aliphatic carboxylic acids is 1. The Kier molecular flexibility index (Phi) is 4.60. The Bertz CT molecular complexity index is 473. The number of nitrogens with two attached hydrogens (primary N) is 1. The van der Waals surface area contributed by atoms with E-state index in [4.69, 9.17) is 10.8 Å². The molecule has 1 rings (SSSR count). The summed E-state index contributed by atoms with van der Waals surface area (Å²) in [4.78, 5) is 36.8. The SMILES string of the molecule is Cc1csc(NC(=O)N[C@H](CC(N)=O)C(=O)O)n1. The molecule has 5 N–H and O–H groups in total. The number of carboxylic acid groups (broad SMARTS) is 1. The van der Waals surface area contributed by atoms with Crippen LogP contribution in [0.1, 0.15) is 12.1 Å². The van der Waals surface area contributed by atoms with Crippen LogP contribution in [0.4, 0.5) is 9.93 Å². The van der Waals surface area contributed by atoms with Crippen molar-refractivity contribution in [3.63, 3.8) is 0 Å². The Hall–Kier alpha value is -2.16. The molecule has 0 aliphatic heterocycles. The second-order valence-electron chi connectivity index (χ2n) is 3.45. The van der Waals surface area contributed by atoms with E-state index >= 15 is 0 Å². The highest BCUT2D eigenvalue weighted by atomic mass is 32.1. The van der Waals surface area contributed by atoms with Crippen molar-refractivity contribution in [2.24, 2.45) is 5.73 Å². The summed E-state index contributed by atoms with van der Waals surface area (Å²) in [7, 11) is 0. The second kappa shape index (κ2) is 5.96. The monoisotopic (exact) mass is 272 g/mol. The highest BCUT2D eigenvalue weighted by Crippen LogP contribution is 2.13. The minimum atomic E-state index is -1.36.